The van der Waals surface area contributed by atoms with Gasteiger partial charge in [0, 0.05) is 32.3 Å². The van der Waals surface area contributed by atoms with Crippen LogP contribution in [-0.4, -0.2) is 31.7 Å². The largest absolute Gasteiger partial charge is 0.383 e. The van der Waals surface area contributed by atoms with E-state index in [4.69, 9.17) is 4.74 Å². The predicted octanol–water partition coefficient (Wildman–Crippen LogP) is 1.84. The molecule has 0 aliphatic carbocycles. The highest BCUT2D eigenvalue weighted by atomic mass is 16.6. The molecule has 0 spiro atoms. The van der Waals surface area contributed by atoms with Gasteiger partial charge in [0.05, 0.1) is 11.5 Å². The molecule has 5 heteroatoms. The zero-order chi connectivity index (χ0) is 12.5. The van der Waals surface area contributed by atoms with Gasteiger partial charge < -0.3 is 10.1 Å². The Morgan fingerprint density at radius 3 is 3.06 bits per heavy atom. The van der Waals surface area contributed by atoms with Crippen molar-refractivity contribution in [3.8, 4) is 0 Å². The third-order valence-corrected chi connectivity index (χ3v) is 2.14. The van der Waals surface area contributed by atoms with Gasteiger partial charge in [-0.25, -0.2) is 0 Å². The molecule has 17 heavy (non-hydrogen) atoms. The highest BCUT2D eigenvalue weighted by Gasteiger charge is 2.03. The van der Waals surface area contributed by atoms with Crippen molar-refractivity contribution in [3.05, 3.63) is 46.0 Å². The third-order valence-electron chi connectivity index (χ3n) is 2.14. The Morgan fingerprint density at radius 2 is 2.35 bits per heavy atom. The summed E-state index contributed by atoms with van der Waals surface area (Å²) in [4.78, 5) is 10.2. The fourth-order valence-electron chi connectivity index (χ4n) is 1.30. The van der Waals surface area contributed by atoms with Gasteiger partial charge in [0.25, 0.3) is 5.69 Å². The molecular weight excluding hydrogens is 220 g/mol. The average molecular weight is 236 g/mol. The van der Waals surface area contributed by atoms with Crippen molar-refractivity contribution in [2.24, 2.45) is 0 Å². The van der Waals surface area contributed by atoms with E-state index in [1.165, 1.54) is 6.07 Å². The molecule has 0 heterocycles. The Bertz CT molecular complexity index is 391. The smallest absolute Gasteiger partial charge is 0.270 e. The molecule has 92 valence electrons. The molecule has 0 bridgehead atoms. The monoisotopic (exact) mass is 236 g/mol. The van der Waals surface area contributed by atoms with Gasteiger partial charge in [0.1, 0.15) is 0 Å². The number of hydrogen-bond donors (Lipinski definition) is 1. The number of benzene rings is 1. The van der Waals surface area contributed by atoms with Crippen LogP contribution >= 0.6 is 0 Å². The van der Waals surface area contributed by atoms with Crippen LogP contribution in [0, 0.1) is 10.1 Å². The Hall–Kier alpha value is -1.72. The van der Waals surface area contributed by atoms with E-state index >= 15 is 0 Å². The molecule has 1 N–H and O–H groups in total. The van der Waals surface area contributed by atoms with Crippen LogP contribution in [-0.2, 0) is 4.74 Å². The number of nitro groups is 1. The van der Waals surface area contributed by atoms with Crippen molar-refractivity contribution in [1.82, 2.24) is 5.32 Å². The molecule has 0 fully saturated rings. The van der Waals surface area contributed by atoms with Crippen molar-refractivity contribution in [2.75, 3.05) is 26.8 Å². The van der Waals surface area contributed by atoms with Crippen molar-refractivity contribution in [3.63, 3.8) is 0 Å². The number of ether oxygens (including phenoxy) is 1. The second kappa shape index (κ2) is 7.54. The summed E-state index contributed by atoms with van der Waals surface area (Å²) in [6.45, 7) is 2.17. The quantitative estimate of drug-likeness (QED) is 0.445. The van der Waals surface area contributed by atoms with E-state index in [1.807, 2.05) is 18.2 Å². The number of methoxy groups -OCH3 is 1. The van der Waals surface area contributed by atoms with Crippen LogP contribution < -0.4 is 5.32 Å². The normalized spacial score (nSPS) is 10.9. The van der Waals surface area contributed by atoms with Crippen molar-refractivity contribution >= 4 is 11.8 Å². The van der Waals surface area contributed by atoms with Gasteiger partial charge in [-0.3, -0.25) is 10.1 Å². The SMILES string of the molecule is COCCNCC=Cc1cccc([N+](=O)[O-])c1. The van der Waals surface area contributed by atoms with Gasteiger partial charge in [0.15, 0.2) is 0 Å². The zero-order valence-electron chi connectivity index (χ0n) is 9.76. The summed E-state index contributed by atoms with van der Waals surface area (Å²) in [6.07, 6.45) is 3.78. The predicted molar refractivity (Wildman–Crippen MR) is 66.9 cm³/mol. The van der Waals surface area contributed by atoms with Crippen molar-refractivity contribution < 1.29 is 9.66 Å². The lowest BCUT2D eigenvalue weighted by Crippen LogP contribution is -2.18. The molecule has 0 saturated carbocycles. The molecule has 0 aromatic heterocycles. The molecule has 5 nitrogen and oxygen atoms in total. The summed E-state index contributed by atoms with van der Waals surface area (Å²) in [7, 11) is 1.65. The van der Waals surface area contributed by atoms with Crippen LogP contribution in [0.15, 0.2) is 30.3 Å². The lowest BCUT2D eigenvalue weighted by atomic mass is 10.2. The maximum atomic E-state index is 10.6. The zero-order valence-corrected chi connectivity index (χ0v) is 9.76. The van der Waals surface area contributed by atoms with Crippen molar-refractivity contribution in [2.45, 2.75) is 0 Å². The summed E-state index contributed by atoms with van der Waals surface area (Å²) < 4.78 is 4.89. The molecule has 1 aromatic carbocycles. The van der Waals surface area contributed by atoms with E-state index in [0.29, 0.717) is 13.2 Å². The van der Waals surface area contributed by atoms with E-state index in [1.54, 1.807) is 19.2 Å². The molecule has 0 radical (unpaired) electrons. The molecule has 0 aliphatic rings. The first-order chi connectivity index (χ1) is 8.24. The maximum absolute atomic E-state index is 10.6. The first-order valence-corrected chi connectivity index (χ1v) is 5.34. The number of hydrogen-bond acceptors (Lipinski definition) is 4. The van der Waals surface area contributed by atoms with Crippen molar-refractivity contribution in [1.29, 1.82) is 0 Å². The molecule has 0 unspecified atom stereocenters. The highest BCUT2D eigenvalue weighted by molar-refractivity contribution is 5.53. The van der Waals surface area contributed by atoms with E-state index in [2.05, 4.69) is 5.32 Å². The molecule has 0 amide bonds. The fraction of sp³-hybridized carbons (Fsp3) is 0.333. The molecule has 0 saturated heterocycles. The van der Waals surface area contributed by atoms with Crippen LogP contribution in [0.2, 0.25) is 0 Å². The van der Waals surface area contributed by atoms with E-state index in [9.17, 15) is 10.1 Å². The van der Waals surface area contributed by atoms with Gasteiger partial charge in [-0.1, -0.05) is 24.3 Å². The highest BCUT2D eigenvalue weighted by Crippen LogP contribution is 2.13. The number of non-ortho nitro benzene ring substituents is 1. The Labute approximate surface area is 100 Å². The average Bonchev–Trinajstić information content (AvgIpc) is 2.34. The first kappa shape index (κ1) is 13.3. The minimum Gasteiger partial charge on any atom is -0.383 e. The number of nitrogens with zero attached hydrogens (tertiary/aromatic N) is 1. The summed E-state index contributed by atoms with van der Waals surface area (Å²) >= 11 is 0. The van der Waals surface area contributed by atoms with Crippen LogP contribution in [0.25, 0.3) is 6.08 Å². The molecule has 0 atom stereocenters. The Kier molecular flexibility index (Phi) is 5.92. The summed E-state index contributed by atoms with van der Waals surface area (Å²) in [5, 5.41) is 13.7. The molecule has 1 aromatic rings. The second-order valence-electron chi connectivity index (χ2n) is 3.45. The Morgan fingerprint density at radius 1 is 1.53 bits per heavy atom. The number of rotatable bonds is 7. The second-order valence-corrected chi connectivity index (χ2v) is 3.45. The fourth-order valence-corrected chi connectivity index (χ4v) is 1.30. The van der Waals surface area contributed by atoms with Crippen LogP contribution in [0.4, 0.5) is 5.69 Å². The third kappa shape index (κ3) is 5.24. The maximum Gasteiger partial charge on any atom is 0.270 e. The minimum atomic E-state index is -0.395. The number of nitrogens with one attached hydrogen (secondary N) is 1. The molecular formula is C12H16N2O3. The first-order valence-electron chi connectivity index (χ1n) is 5.34. The van der Waals surface area contributed by atoms with E-state index < -0.39 is 4.92 Å². The lowest BCUT2D eigenvalue weighted by molar-refractivity contribution is -0.384. The topological polar surface area (TPSA) is 64.4 Å². The van der Waals surface area contributed by atoms with E-state index in [-0.39, 0.29) is 5.69 Å². The van der Waals surface area contributed by atoms with E-state index in [0.717, 1.165) is 12.1 Å². The van der Waals surface area contributed by atoms with Gasteiger partial charge in [-0.15, -0.1) is 0 Å². The molecule has 0 aliphatic heterocycles. The standard InChI is InChI=1S/C12H16N2O3/c1-17-9-8-13-7-3-5-11-4-2-6-12(10-11)14(15)16/h2-6,10,13H,7-9H2,1H3. The van der Waals surface area contributed by atoms with Gasteiger partial charge in [-0.05, 0) is 5.56 Å². The summed E-state index contributed by atoms with van der Waals surface area (Å²) in [6, 6.07) is 6.54. The molecule has 1 rings (SSSR count). The summed E-state index contributed by atoms with van der Waals surface area (Å²) in [5.74, 6) is 0. The van der Waals surface area contributed by atoms with Gasteiger partial charge >= 0.3 is 0 Å². The van der Waals surface area contributed by atoms with Crippen LogP contribution in [0.3, 0.4) is 0 Å². The lowest BCUT2D eigenvalue weighted by Gasteiger charge is -1.99. The Balaban J connectivity index is 2.42. The van der Waals surface area contributed by atoms with Gasteiger partial charge in [-0.2, -0.15) is 0 Å². The van der Waals surface area contributed by atoms with Crippen LogP contribution in [0.5, 0.6) is 0 Å². The van der Waals surface area contributed by atoms with Gasteiger partial charge in [0.2, 0.25) is 0 Å². The van der Waals surface area contributed by atoms with Crippen LogP contribution in [0.1, 0.15) is 5.56 Å². The minimum absolute atomic E-state index is 0.111. The number of nitro benzene ring substituents is 1. The summed E-state index contributed by atoms with van der Waals surface area (Å²) in [5.41, 5.74) is 0.937.